The SMILES string of the molecule is CNC(=O)c1nc(C2CCC2)cnc1NC. The van der Waals surface area contributed by atoms with Crippen LogP contribution in [0.2, 0.25) is 0 Å². The van der Waals surface area contributed by atoms with Crippen molar-refractivity contribution in [3.05, 3.63) is 17.6 Å². The van der Waals surface area contributed by atoms with E-state index in [2.05, 4.69) is 20.6 Å². The fraction of sp³-hybridized carbons (Fsp3) is 0.545. The van der Waals surface area contributed by atoms with Gasteiger partial charge in [-0.1, -0.05) is 6.42 Å². The highest BCUT2D eigenvalue weighted by atomic mass is 16.1. The molecule has 0 aromatic carbocycles. The highest BCUT2D eigenvalue weighted by molar-refractivity contribution is 5.96. The summed E-state index contributed by atoms with van der Waals surface area (Å²) in [7, 11) is 3.33. The minimum Gasteiger partial charge on any atom is -0.371 e. The second-order valence-electron chi connectivity index (χ2n) is 3.95. The maximum atomic E-state index is 11.6. The van der Waals surface area contributed by atoms with Gasteiger partial charge in [0.1, 0.15) is 0 Å². The number of nitrogens with one attached hydrogen (secondary N) is 2. The molecule has 0 spiro atoms. The number of carbonyl (C=O) groups excluding carboxylic acids is 1. The third kappa shape index (κ3) is 1.85. The first-order chi connectivity index (χ1) is 7.76. The topological polar surface area (TPSA) is 66.9 Å². The van der Waals surface area contributed by atoms with Crippen LogP contribution >= 0.6 is 0 Å². The lowest BCUT2D eigenvalue weighted by atomic mass is 9.83. The Morgan fingerprint density at radius 1 is 1.44 bits per heavy atom. The monoisotopic (exact) mass is 220 g/mol. The number of nitrogens with zero attached hydrogens (tertiary/aromatic N) is 2. The lowest BCUT2D eigenvalue weighted by Crippen LogP contribution is -2.23. The van der Waals surface area contributed by atoms with Crippen LogP contribution in [0.25, 0.3) is 0 Å². The lowest BCUT2D eigenvalue weighted by Gasteiger charge is -2.24. The summed E-state index contributed by atoms with van der Waals surface area (Å²) >= 11 is 0. The molecule has 0 bridgehead atoms. The molecular weight excluding hydrogens is 204 g/mol. The fourth-order valence-corrected chi connectivity index (χ4v) is 1.76. The number of hydrogen-bond acceptors (Lipinski definition) is 4. The van der Waals surface area contributed by atoms with Crippen molar-refractivity contribution in [2.75, 3.05) is 19.4 Å². The molecule has 1 aliphatic carbocycles. The molecule has 0 radical (unpaired) electrons. The molecule has 0 unspecified atom stereocenters. The Hall–Kier alpha value is -1.65. The van der Waals surface area contributed by atoms with E-state index in [1.54, 1.807) is 20.3 Å². The summed E-state index contributed by atoms with van der Waals surface area (Å²) < 4.78 is 0. The molecule has 0 atom stereocenters. The highest BCUT2D eigenvalue weighted by Gasteiger charge is 2.23. The Labute approximate surface area is 94.7 Å². The van der Waals surface area contributed by atoms with Crippen molar-refractivity contribution < 1.29 is 4.79 Å². The summed E-state index contributed by atoms with van der Waals surface area (Å²) in [6, 6.07) is 0. The van der Waals surface area contributed by atoms with Gasteiger partial charge in [0.25, 0.3) is 5.91 Å². The number of amides is 1. The van der Waals surface area contributed by atoms with Gasteiger partial charge in [0, 0.05) is 20.0 Å². The second-order valence-corrected chi connectivity index (χ2v) is 3.95. The Kier molecular flexibility index (Phi) is 3.03. The lowest BCUT2D eigenvalue weighted by molar-refractivity contribution is 0.0958. The standard InChI is InChI=1S/C11H16N4O/c1-12-10-9(11(16)13-2)15-8(6-14-10)7-4-3-5-7/h6-7H,3-5H2,1-2H3,(H,12,14)(H,13,16). The van der Waals surface area contributed by atoms with Gasteiger partial charge >= 0.3 is 0 Å². The highest BCUT2D eigenvalue weighted by Crippen LogP contribution is 2.35. The predicted molar refractivity (Wildman–Crippen MR) is 61.6 cm³/mol. The van der Waals surface area contributed by atoms with Crippen LogP contribution in [-0.2, 0) is 0 Å². The first-order valence-electron chi connectivity index (χ1n) is 5.53. The maximum Gasteiger partial charge on any atom is 0.273 e. The second kappa shape index (κ2) is 4.47. The molecule has 2 N–H and O–H groups in total. The smallest absolute Gasteiger partial charge is 0.273 e. The Morgan fingerprint density at radius 2 is 2.19 bits per heavy atom. The molecule has 5 heteroatoms. The van der Waals surface area contributed by atoms with Gasteiger partial charge in [-0.15, -0.1) is 0 Å². The molecule has 1 aliphatic rings. The van der Waals surface area contributed by atoms with Crippen molar-refractivity contribution in [1.82, 2.24) is 15.3 Å². The zero-order valence-corrected chi connectivity index (χ0v) is 9.58. The normalized spacial score (nSPS) is 15.4. The van der Waals surface area contributed by atoms with Gasteiger partial charge in [0.2, 0.25) is 0 Å². The number of rotatable bonds is 3. The minimum absolute atomic E-state index is 0.196. The fourth-order valence-electron chi connectivity index (χ4n) is 1.76. The summed E-state index contributed by atoms with van der Waals surface area (Å²) in [6.45, 7) is 0. The van der Waals surface area contributed by atoms with Gasteiger partial charge in [-0.05, 0) is 12.8 Å². The van der Waals surface area contributed by atoms with Gasteiger partial charge < -0.3 is 10.6 Å². The molecule has 0 aliphatic heterocycles. The summed E-state index contributed by atoms with van der Waals surface area (Å²) in [4.78, 5) is 20.3. The van der Waals surface area contributed by atoms with Crippen LogP contribution in [0.3, 0.4) is 0 Å². The van der Waals surface area contributed by atoms with E-state index >= 15 is 0 Å². The quantitative estimate of drug-likeness (QED) is 0.801. The van der Waals surface area contributed by atoms with E-state index in [0.29, 0.717) is 17.4 Å². The maximum absolute atomic E-state index is 11.6. The Morgan fingerprint density at radius 3 is 2.69 bits per heavy atom. The van der Waals surface area contributed by atoms with Crippen LogP contribution in [-0.4, -0.2) is 30.0 Å². The molecule has 1 fully saturated rings. The van der Waals surface area contributed by atoms with Gasteiger partial charge in [0.15, 0.2) is 11.5 Å². The molecular formula is C11H16N4O. The van der Waals surface area contributed by atoms with Crippen LogP contribution < -0.4 is 10.6 Å². The predicted octanol–water partition coefficient (Wildman–Crippen LogP) is 1.15. The van der Waals surface area contributed by atoms with Gasteiger partial charge in [-0.3, -0.25) is 4.79 Å². The van der Waals surface area contributed by atoms with Crippen LogP contribution in [0.15, 0.2) is 6.20 Å². The number of hydrogen-bond donors (Lipinski definition) is 2. The van der Waals surface area contributed by atoms with Crippen molar-refractivity contribution in [3.8, 4) is 0 Å². The van der Waals surface area contributed by atoms with E-state index in [4.69, 9.17) is 0 Å². The van der Waals surface area contributed by atoms with Crippen molar-refractivity contribution in [2.24, 2.45) is 0 Å². The molecule has 1 aromatic heterocycles. The van der Waals surface area contributed by atoms with Crippen LogP contribution in [0.1, 0.15) is 41.4 Å². The minimum atomic E-state index is -0.196. The molecule has 16 heavy (non-hydrogen) atoms. The van der Waals surface area contributed by atoms with Crippen molar-refractivity contribution >= 4 is 11.7 Å². The third-order valence-electron chi connectivity index (χ3n) is 2.99. The number of carbonyl (C=O) groups is 1. The zero-order chi connectivity index (χ0) is 11.5. The van der Waals surface area contributed by atoms with E-state index in [-0.39, 0.29) is 5.91 Å². The summed E-state index contributed by atoms with van der Waals surface area (Å²) in [6.07, 6.45) is 5.32. The molecule has 2 rings (SSSR count). The van der Waals surface area contributed by atoms with Crippen molar-refractivity contribution in [1.29, 1.82) is 0 Å². The van der Waals surface area contributed by atoms with Crippen LogP contribution in [0.5, 0.6) is 0 Å². The first-order valence-corrected chi connectivity index (χ1v) is 5.53. The van der Waals surface area contributed by atoms with E-state index in [0.717, 1.165) is 18.5 Å². The van der Waals surface area contributed by atoms with Gasteiger partial charge in [-0.2, -0.15) is 0 Å². The molecule has 1 heterocycles. The van der Waals surface area contributed by atoms with E-state index in [1.807, 2.05) is 0 Å². The largest absolute Gasteiger partial charge is 0.371 e. The first kappa shape index (κ1) is 10.9. The Balaban J connectivity index is 2.33. The van der Waals surface area contributed by atoms with Crippen molar-refractivity contribution in [3.63, 3.8) is 0 Å². The summed E-state index contributed by atoms with van der Waals surface area (Å²) in [5, 5.41) is 5.46. The van der Waals surface area contributed by atoms with Crippen LogP contribution in [0.4, 0.5) is 5.82 Å². The molecule has 1 amide bonds. The van der Waals surface area contributed by atoms with E-state index in [9.17, 15) is 4.79 Å². The number of aromatic nitrogens is 2. The molecule has 86 valence electrons. The Bertz CT molecular complexity index is 401. The summed E-state index contributed by atoms with van der Waals surface area (Å²) in [5.41, 5.74) is 1.32. The van der Waals surface area contributed by atoms with E-state index in [1.165, 1.54) is 6.42 Å². The van der Waals surface area contributed by atoms with Gasteiger partial charge in [0.05, 0.1) is 11.9 Å². The van der Waals surface area contributed by atoms with Crippen molar-refractivity contribution in [2.45, 2.75) is 25.2 Å². The average Bonchev–Trinajstić information content (AvgIpc) is 2.25. The number of anilines is 1. The molecule has 0 saturated heterocycles. The van der Waals surface area contributed by atoms with E-state index < -0.39 is 0 Å². The van der Waals surface area contributed by atoms with Crippen LogP contribution in [0, 0.1) is 0 Å². The summed E-state index contributed by atoms with van der Waals surface area (Å²) in [5.74, 6) is 0.822. The molecule has 5 nitrogen and oxygen atoms in total. The molecule has 1 aromatic rings. The van der Waals surface area contributed by atoms with Gasteiger partial charge in [-0.25, -0.2) is 9.97 Å². The zero-order valence-electron chi connectivity index (χ0n) is 9.58. The molecule has 1 saturated carbocycles. The third-order valence-corrected chi connectivity index (χ3v) is 2.99. The average molecular weight is 220 g/mol.